The molecule has 0 nitrogen and oxygen atoms in total. The smallest absolute Gasteiger partial charge is 0.0507 e. The van der Waals surface area contributed by atoms with Gasteiger partial charge in [-0.25, -0.2) is 0 Å². The normalized spacial score (nSPS) is 24.2. The van der Waals surface area contributed by atoms with Crippen LogP contribution in [0.25, 0.3) is 0 Å². The van der Waals surface area contributed by atoms with E-state index in [1.54, 1.807) is 0 Å². The molecule has 0 aromatic heterocycles. The lowest BCUT2D eigenvalue weighted by Gasteiger charge is -2.20. The maximum Gasteiger partial charge on any atom is 0.0507 e. The molecule has 1 aliphatic carbocycles. The third-order valence-corrected chi connectivity index (χ3v) is 3.26. The van der Waals surface area contributed by atoms with Crippen LogP contribution in [0.5, 0.6) is 0 Å². The summed E-state index contributed by atoms with van der Waals surface area (Å²) in [7, 11) is 0. The fourth-order valence-electron chi connectivity index (χ4n) is 1.37. The van der Waals surface area contributed by atoms with Gasteiger partial charge in [-0.05, 0) is 12.8 Å². The summed E-state index contributed by atoms with van der Waals surface area (Å²) in [6.45, 7) is 2.22. The van der Waals surface area contributed by atoms with Crippen LogP contribution in [0.2, 0.25) is 0 Å². The van der Waals surface area contributed by atoms with Gasteiger partial charge in [0.15, 0.2) is 0 Å². The van der Waals surface area contributed by atoms with E-state index in [4.69, 9.17) is 12.2 Å². The summed E-state index contributed by atoms with van der Waals surface area (Å²) in [6, 6.07) is 0. The molecule has 1 saturated carbocycles. The minimum atomic E-state index is 0.290. The van der Waals surface area contributed by atoms with E-state index >= 15 is 0 Å². The van der Waals surface area contributed by atoms with Crippen molar-refractivity contribution in [3.8, 4) is 0 Å². The number of thiol groups is 1. The Morgan fingerprint density at radius 1 is 1.44 bits per heavy atom. The maximum atomic E-state index is 5.03. The Morgan fingerprint density at radius 3 is 2.11 bits per heavy atom. The van der Waals surface area contributed by atoms with E-state index in [2.05, 4.69) is 19.6 Å². The first-order chi connectivity index (χ1) is 4.15. The molecule has 1 fully saturated rings. The molecule has 0 bridgehead atoms. The zero-order valence-electron chi connectivity index (χ0n) is 5.68. The lowest BCUT2D eigenvalue weighted by molar-refractivity contribution is 0.503. The van der Waals surface area contributed by atoms with Crippen molar-refractivity contribution in [3.05, 3.63) is 0 Å². The Hall–Kier alpha value is 0.440. The first-order valence-corrected chi connectivity index (χ1v) is 4.24. The van der Waals surface area contributed by atoms with Gasteiger partial charge in [0, 0.05) is 5.41 Å². The monoisotopic (exact) mass is 160 g/mol. The van der Waals surface area contributed by atoms with Gasteiger partial charge in [-0.1, -0.05) is 32.0 Å². The van der Waals surface area contributed by atoms with Crippen LogP contribution >= 0.6 is 24.8 Å². The van der Waals surface area contributed by atoms with Crippen LogP contribution in [0.1, 0.15) is 32.6 Å². The van der Waals surface area contributed by atoms with Gasteiger partial charge >= 0.3 is 0 Å². The third-order valence-electron chi connectivity index (χ3n) is 2.22. The summed E-state index contributed by atoms with van der Waals surface area (Å²) in [5.74, 6) is 0. The van der Waals surface area contributed by atoms with E-state index in [1.807, 2.05) is 0 Å². The van der Waals surface area contributed by atoms with Gasteiger partial charge in [0.1, 0.15) is 0 Å². The van der Waals surface area contributed by atoms with E-state index < -0.39 is 0 Å². The predicted molar refractivity (Wildman–Crippen MR) is 48.2 cm³/mol. The summed E-state index contributed by atoms with van der Waals surface area (Å²) < 4.78 is 0.903. The van der Waals surface area contributed by atoms with Crippen molar-refractivity contribution >= 4 is 29.0 Å². The highest BCUT2D eigenvalue weighted by atomic mass is 32.1. The second kappa shape index (κ2) is 2.59. The third kappa shape index (κ3) is 1.47. The van der Waals surface area contributed by atoms with Crippen molar-refractivity contribution in [2.45, 2.75) is 32.6 Å². The van der Waals surface area contributed by atoms with Crippen LogP contribution in [0.4, 0.5) is 0 Å². The quantitative estimate of drug-likeness (QED) is 0.454. The zero-order valence-corrected chi connectivity index (χ0v) is 7.39. The Bertz CT molecular complexity index is 123. The van der Waals surface area contributed by atoms with Crippen LogP contribution in [0.15, 0.2) is 0 Å². The topological polar surface area (TPSA) is 0 Å². The van der Waals surface area contributed by atoms with Gasteiger partial charge < -0.3 is 0 Å². The highest BCUT2D eigenvalue weighted by molar-refractivity contribution is 8.11. The molecule has 0 heterocycles. The highest BCUT2D eigenvalue weighted by Crippen LogP contribution is 2.39. The molecular weight excluding hydrogens is 148 g/mol. The van der Waals surface area contributed by atoms with Crippen molar-refractivity contribution in [2.75, 3.05) is 0 Å². The van der Waals surface area contributed by atoms with Crippen molar-refractivity contribution in [1.29, 1.82) is 0 Å². The standard InChI is InChI=1S/C7H12S2/c1-7(6(8)9)4-2-3-5-7/h2-5H2,1H3,(H,8,9). The van der Waals surface area contributed by atoms with Crippen molar-refractivity contribution in [1.82, 2.24) is 0 Å². The van der Waals surface area contributed by atoms with E-state index in [0.29, 0.717) is 5.41 Å². The minimum absolute atomic E-state index is 0.290. The molecular formula is C7H12S2. The second-order valence-electron chi connectivity index (χ2n) is 3.07. The SMILES string of the molecule is CC1(C(=S)S)CCCC1. The second-order valence-corrected chi connectivity index (χ2v) is 4.23. The molecule has 0 amide bonds. The maximum absolute atomic E-state index is 5.03. The molecule has 0 aliphatic heterocycles. The Balaban J connectivity index is 2.61. The summed E-state index contributed by atoms with van der Waals surface area (Å²) in [6.07, 6.45) is 5.15. The first kappa shape index (κ1) is 7.55. The van der Waals surface area contributed by atoms with Crippen LogP contribution in [-0.2, 0) is 0 Å². The average Bonchev–Trinajstić information content (AvgIpc) is 2.16. The number of rotatable bonds is 1. The van der Waals surface area contributed by atoms with Gasteiger partial charge in [0.05, 0.1) is 4.20 Å². The molecule has 2 heteroatoms. The lowest BCUT2D eigenvalue weighted by Crippen LogP contribution is -2.17. The van der Waals surface area contributed by atoms with E-state index in [0.717, 1.165) is 4.20 Å². The van der Waals surface area contributed by atoms with Gasteiger partial charge in [-0.15, -0.1) is 12.6 Å². The molecule has 0 aromatic rings. The molecule has 9 heavy (non-hydrogen) atoms. The summed E-state index contributed by atoms with van der Waals surface area (Å²) in [5, 5.41) is 0. The summed E-state index contributed by atoms with van der Waals surface area (Å²) in [5.41, 5.74) is 0.290. The molecule has 52 valence electrons. The van der Waals surface area contributed by atoms with Crippen LogP contribution in [0, 0.1) is 5.41 Å². The Labute approximate surface area is 67.4 Å². The fraction of sp³-hybridized carbons (Fsp3) is 0.857. The van der Waals surface area contributed by atoms with E-state index in [1.165, 1.54) is 25.7 Å². The fourth-order valence-corrected chi connectivity index (χ4v) is 1.80. The van der Waals surface area contributed by atoms with E-state index in [-0.39, 0.29) is 0 Å². The number of thiocarbonyl (C=S) groups is 1. The van der Waals surface area contributed by atoms with Crippen molar-refractivity contribution < 1.29 is 0 Å². The average molecular weight is 160 g/mol. The van der Waals surface area contributed by atoms with Crippen LogP contribution in [-0.4, -0.2) is 4.20 Å². The first-order valence-electron chi connectivity index (χ1n) is 3.38. The van der Waals surface area contributed by atoms with Crippen LogP contribution in [0.3, 0.4) is 0 Å². The Kier molecular flexibility index (Phi) is 2.17. The number of hydrogen-bond donors (Lipinski definition) is 1. The molecule has 1 rings (SSSR count). The predicted octanol–water partition coefficient (Wildman–Crippen LogP) is 2.82. The van der Waals surface area contributed by atoms with Crippen LogP contribution < -0.4 is 0 Å². The van der Waals surface area contributed by atoms with Gasteiger partial charge in [-0.3, -0.25) is 0 Å². The van der Waals surface area contributed by atoms with E-state index in [9.17, 15) is 0 Å². The molecule has 0 aromatic carbocycles. The van der Waals surface area contributed by atoms with Gasteiger partial charge in [0.2, 0.25) is 0 Å². The molecule has 0 unspecified atom stereocenters. The lowest BCUT2D eigenvalue weighted by atomic mass is 9.92. The summed E-state index contributed by atoms with van der Waals surface area (Å²) >= 11 is 9.24. The molecule has 0 saturated heterocycles. The number of hydrogen-bond acceptors (Lipinski definition) is 1. The van der Waals surface area contributed by atoms with Crippen molar-refractivity contribution in [3.63, 3.8) is 0 Å². The molecule has 0 spiro atoms. The van der Waals surface area contributed by atoms with Gasteiger partial charge in [-0.2, -0.15) is 0 Å². The highest BCUT2D eigenvalue weighted by Gasteiger charge is 2.30. The van der Waals surface area contributed by atoms with Crippen molar-refractivity contribution in [2.24, 2.45) is 5.41 Å². The zero-order chi connectivity index (χ0) is 6.91. The summed E-state index contributed by atoms with van der Waals surface area (Å²) in [4.78, 5) is 0. The van der Waals surface area contributed by atoms with Gasteiger partial charge in [0.25, 0.3) is 0 Å². The molecule has 1 aliphatic rings. The molecule has 0 atom stereocenters. The largest absolute Gasteiger partial charge is 0.136 e. The molecule has 0 radical (unpaired) electrons. The molecule has 0 N–H and O–H groups in total. The minimum Gasteiger partial charge on any atom is -0.136 e. The Morgan fingerprint density at radius 2 is 1.89 bits per heavy atom.